The van der Waals surface area contributed by atoms with Crippen LogP contribution in [0.5, 0.6) is 0 Å². The Bertz CT molecular complexity index is 598. The Morgan fingerprint density at radius 3 is 2.80 bits per heavy atom. The van der Waals surface area contributed by atoms with Crippen molar-refractivity contribution in [2.24, 2.45) is 0 Å². The van der Waals surface area contributed by atoms with Gasteiger partial charge in [0.05, 0.1) is 17.4 Å². The lowest BCUT2D eigenvalue weighted by Gasteiger charge is -1.96. The van der Waals surface area contributed by atoms with Crippen LogP contribution in [0, 0.1) is 5.82 Å². The predicted molar refractivity (Wildman–Crippen MR) is 54.7 cm³/mol. The highest BCUT2D eigenvalue weighted by Crippen LogP contribution is 2.25. The first kappa shape index (κ1) is 10.2. The van der Waals surface area contributed by atoms with Gasteiger partial charge >= 0.3 is 0 Å². The molecule has 0 aliphatic carbocycles. The number of rotatable bonds is 2. The third-order valence-electron chi connectivity index (χ3n) is 2.04. The first-order valence-electron chi connectivity index (χ1n) is 4.30. The molecule has 2 aromatic rings. The van der Waals surface area contributed by atoms with Crippen LogP contribution < -0.4 is 0 Å². The van der Waals surface area contributed by atoms with Crippen LogP contribution in [0.3, 0.4) is 0 Å². The molecule has 1 aromatic carbocycles. The van der Waals surface area contributed by atoms with Crippen molar-refractivity contribution in [3.05, 3.63) is 35.8 Å². The first-order chi connectivity index (χ1) is 6.97. The van der Waals surface area contributed by atoms with Crippen molar-refractivity contribution in [2.75, 3.05) is 6.26 Å². The lowest BCUT2D eigenvalue weighted by molar-refractivity contribution is 0.596. The number of benzene rings is 1. The van der Waals surface area contributed by atoms with Crippen molar-refractivity contribution in [2.45, 2.75) is 5.75 Å². The molecule has 80 valence electrons. The molecule has 0 spiro atoms. The normalized spacial score (nSPS) is 12.1. The Kier molecular flexibility index (Phi) is 2.26. The lowest BCUT2D eigenvalue weighted by atomic mass is 10.2. The van der Waals surface area contributed by atoms with Gasteiger partial charge in [-0.15, -0.1) is 0 Å². The standard InChI is InChI=1S/C10H9FO3S/c1-15(12,13)6-7-5-14-9-4-2-3-8(11)10(7)9/h2-5H,6H2,1H3. The summed E-state index contributed by atoms with van der Waals surface area (Å²) in [4.78, 5) is 0. The summed E-state index contributed by atoms with van der Waals surface area (Å²) < 4.78 is 40.7. The zero-order chi connectivity index (χ0) is 11.1. The summed E-state index contributed by atoms with van der Waals surface area (Å²) in [6.45, 7) is 0. The molecular formula is C10H9FO3S. The maximum atomic E-state index is 13.4. The van der Waals surface area contributed by atoms with E-state index in [0.29, 0.717) is 11.1 Å². The molecule has 0 aliphatic heterocycles. The van der Waals surface area contributed by atoms with E-state index in [9.17, 15) is 12.8 Å². The minimum absolute atomic E-state index is 0.207. The number of halogens is 1. The van der Waals surface area contributed by atoms with Gasteiger partial charge in [0.25, 0.3) is 0 Å². The molecule has 0 saturated carbocycles. The Morgan fingerprint density at radius 2 is 2.13 bits per heavy atom. The average molecular weight is 228 g/mol. The van der Waals surface area contributed by atoms with Gasteiger partial charge in [0.1, 0.15) is 11.4 Å². The van der Waals surface area contributed by atoms with E-state index in [1.54, 1.807) is 6.07 Å². The molecule has 0 saturated heterocycles. The molecule has 0 atom stereocenters. The fourth-order valence-corrected chi connectivity index (χ4v) is 2.27. The lowest BCUT2D eigenvalue weighted by Crippen LogP contribution is -2.00. The number of hydrogen-bond donors (Lipinski definition) is 0. The minimum atomic E-state index is -3.18. The van der Waals surface area contributed by atoms with Gasteiger partial charge < -0.3 is 4.42 Å². The number of furan rings is 1. The molecule has 0 amide bonds. The number of hydrogen-bond acceptors (Lipinski definition) is 3. The smallest absolute Gasteiger partial charge is 0.151 e. The predicted octanol–water partition coefficient (Wildman–Crippen LogP) is 2.12. The molecule has 0 unspecified atom stereocenters. The Morgan fingerprint density at radius 1 is 1.40 bits per heavy atom. The summed E-state index contributed by atoms with van der Waals surface area (Å²) in [6, 6.07) is 4.40. The highest BCUT2D eigenvalue weighted by atomic mass is 32.2. The third-order valence-corrected chi connectivity index (χ3v) is 2.88. The van der Waals surface area contributed by atoms with Gasteiger partial charge in [-0.2, -0.15) is 0 Å². The highest BCUT2D eigenvalue weighted by molar-refractivity contribution is 7.89. The average Bonchev–Trinajstić information content (AvgIpc) is 2.47. The largest absolute Gasteiger partial charge is 0.464 e. The zero-order valence-corrected chi connectivity index (χ0v) is 8.84. The molecule has 0 fully saturated rings. The molecule has 15 heavy (non-hydrogen) atoms. The van der Waals surface area contributed by atoms with Gasteiger partial charge in [-0.25, -0.2) is 12.8 Å². The van der Waals surface area contributed by atoms with Crippen LogP contribution in [0.15, 0.2) is 28.9 Å². The summed E-state index contributed by atoms with van der Waals surface area (Å²) in [7, 11) is -3.18. The molecule has 1 heterocycles. The van der Waals surface area contributed by atoms with Crippen molar-refractivity contribution in [1.82, 2.24) is 0 Å². The topological polar surface area (TPSA) is 47.3 Å². The maximum absolute atomic E-state index is 13.4. The van der Waals surface area contributed by atoms with E-state index in [1.807, 2.05) is 0 Å². The van der Waals surface area contributed by atoms with Crippen LogP contribution in [0.1, 0.15) is 5.56 Å². The van der Waals surface area contributed by atoms with Crippen molar-refractivity contribution < 1.29 is 17.2 Å². The third kappa shape index (κ3) is 2.02. The van der Waals surface area contributed by atoms with Crippen LogP contribution in [0.25, 0.3) is 11.0 Å². The second kappa shape index (κ2) is 3.34. The van der Waals surface area contributed by atoms with Gasteiger partial charge in [0.2, 0.25) is 0 Å². The fourth-order valence-electron chi connectivity index (χ4n) is 1.50. The van der Waals surface area contributed by atoms with E-state index >= 15 is 0 Å². The summed E-state index contributed by atoms with van der Waals surface area (Å²) in [5.74, 6) is -0.666. The molecule has 1 aromatic heterocycles. The number of fused-ring (bicyclic) bond motifs is 1. The van der Waals surface area contributed by atoms with Crippen LogP contribution in [-0.2, 0) is 15.6 Å². The first-order valence-corrected chi connectivity index (χ1v) is 6.36. The fraction of sp³-hybridized carbons (Fsp3) is 0.200. The molecule has 0 radical (unpaired) electrons. The highest BCUT2D eigenvalue weighted by Gasteiger charge is 2.14. The van der Waals surface area contributed by atoms with Gasteiger partial charge in [-0.1, -0.05) is 6.07 Å². The quantitative estimate of drug-likeness (QED) is 0.791. The molecular weight excluding hydrogens is 219 g/mol. The second-order valence-corrected chi connectivity index (χ2v) is 5.58. The molecule has 0 bridgehead atoms. The molecule has 2 rings (SSSR count). The molecule has 3 nitrogen and oxygen atoms in total. The number of sulfone groups is 1. The van der Waals surface area contributed by atoms with Crippen LogP contribution in [0.4, 0.5) is 4.39 Å². The monoisotopic (exact) mass is 228 g/mol. The Balaban J connectivity index is 2.63. The zero-order valence-electron chi connectivity index (χ0n) is 8.03. The van der Waals surface area contributed by atoms with E-state index in [1.165, 1.54) is 18.4 Å². The van der Waals surface area contributed by atoms with E-state index in [4.69, 9.17) is 4.42 Å². The van der Waals surface area contributed by atoms with Gasteiger partial charge in [0.15, 0.2) is 9.84 Å². The van der Waals surface area contributed by atoms with Crippen LogP contribution >= 0.6 is 0 Å². The van der Waals surface area contributed by atoms with Crippen molar-refractivity contribution >= 4 is 20.8 Å². The van der Waals surface area contributed by atoms with E-state index in [-0.39, 0.29) is 11.1 Å². The van der Waals surface area contributed by atoms with Crippen LogP contribution in [-0.4, -0.2) is 14.7 Å². The maximum Gasteiger partial charge on any atom is 0.151 e. The van der Waals surface area contributed by atoms with Crippen molar-refractivity contribution in [3.63, 3.8) is 0 Å². The van der Waals surface area contributed by atoms with E-state index < -0.39 is 15.7 Å². The van der Waals surface area contributed by atoms with Crippen molar-refractivity contribution in [3.8, 4) is 0 Å². The summed E-state index contributed by atoms with van der Waals surface area (Å²) in [5.41, 5.74) is 0.735. The molecule has 0 N–H and O–H groups in total. The van der Waals surface area contributed by atoms with Gasteiger partial charge in [0, 0.05) is 11.8 Å². The van der Waals surface area contributed by atoms with Crippen molar-refractivity contribution in [1.29, 1.82) is 0 Å². The van der Waals surface area contributed by atoms with Gasteiger partial charge in [-0.05, 0) is 12.1 Å². The minimum Gasteiger partial charge on any atom is -0.464 e. The molecule has 0 aliphatic rings. The second-order valence-electron chi connectivity index (χ2n) is 3.44. The van der Waals surface area contributed by atoms with E-state index in [0.717, 1.165) is 6.26 Å². The Hall–Kier alpha value is -1.36. The SMILES string of the molecule is CS(=O)(=O)Cc1coc2cccc(F)c12. The summed E-state index contributed by atoms with van der Waals surface area (Å²) in [5, 5.41) is 0.253. The summed E-state index contributed by atoms with van der Waals surface area (Å²) in [6.07, 6.45) is 2.39. The summed E-state index contributed by atoms with van der Waals surface area (Å²) >= 11 is 0. The van der Waals surface area contributed by atoms with Crippen LogP contribution in [0.2, 0.25) is 0 Å². The van der Waals surface area contributed by atoms with Gasteiger partial charge in [-0.3, -0.25) is 0 Å². The molecule has 5 heteroatoms. The Labute approximate surface area is 86.4 Å². The van der Waals surface area contributed by atoms with E-state index in [2.05, 4.69) is 0 Å².